The van der Waals surface area contributed by atoms with E-state index in [9.17, 15) is 0 Å². The van der Waals surface area contributed by atoms with Crippen LogP contribution in [0.15, 0.2) is 36.7 Å². The lowest BCUT2D eigenvalue weighted by Crippen LogP contribution is -2.45. The summed E-state index contributed by atoms with van der Waals surface area (Å²) in [5, 5.41) is 2.43. The summed E-state index contributed by atoms with van der Waals surface area (Å²) in [7, 11) is 0. The summed E-state index contributed by atoms with van der Waals surface area (Å²) in [6.07, 6.45) is 13.6. The fourth-order valence-electron chi connectivity index (χ4n) is 4.81. The van der Waals surface area contributed by atoms with Crippen LogP contribution in [-0.4, -0.2) is 28.0 Å². The molecule has 25 heavy (non-hydrogen) atoms. The van der Waals surface area contributed by atoms with E-state index in [0.29, 0.717) is 0 Å². The van der Waals surface area contributed by atoms with Gasteiger partial charge in [0.1, 0.15) is 5.01 Å². The van der Waals surface area contributed by atoms with Gasteiger partial charge in [0.25, 0.3) is 0 Å². The van der Waals surface area contributed by atoms with Crippen LogP contribution in [-0.2, 0) is 5.54 Å². The quantitative estimate of drug-likeness (QED) is 0.671. The first-order valence-electron chi connectivity index (χ1n) is 9.64. The SMILES string of the molecule is c1cc2cc(-c3ncc(C4(N5CCCC5)CCCCC4)s3)ccc2[nH]1. The lowest BCUT2D eigenvalue weighted by Gasteiger charge is -2.44. The van der Waals surface area contributed by atoms with Crippen LogP contribution < -0.4 is 0 Å². The van der Waals surface area contributed by atoms with Crippen LogP contribution in [0.4, 0.5) is 0 Å². The van der Waals surface area contributed by atoms with Crippen molar-refractivity contribution in [2.75, 3.05) is 13.1 Å². The molecule has 0 bridgehead atoms. The molecule has 0 radical (unpaired) electrons. The topological polar surface area (TPSA) is 31.9 Å². The zero-order chi connectivity index (χ0) is 16.7. The second-order valence-corrected chi connectivity index (χ2v) is 8.63. The number of aromatic nitrogens is 2. The number of hydrogen-bond acceptors (Lipinski definition) is 3. The Balaban J connectivity index is 1.53. The first-order valence-corrected chi connectivity index (χ1v) is 10.5. The first-order chi connectivity index (χ1) is 12.4. The van der Waals surface area contributed by atoms with Gasteiger partial charge in [-0.05, 0) is 63.0 Å². The highest BCUT2D eigenvalue weighted by Gasteiger charge is 2.42. The summed E-state index contributed by atoms with van der Waals surface area (Å²) in [6.45, 7) is 2.53. The summed E-state index contributed by atoms with van der Waals surface area (Å²) in [5.74, 6) is 0. The lowest BCUT2D eigenvalue weighted by molar-refractivity contribution is 0.0739. The van der Waals surface area contributed by atoms with Crippen molar-refractivity contribution in [1.29, 1.82) is 0 Å². The highest BCUT2D eigenvalue weighted by atomic mass is 32.1. The molecule has 2 aliphatic rings. The second kappa shape index (κ2) is 6.26. The molecule has 3 heterocycles. The Kier molecular flexibility index (Phi) is 3.90. The number of hydrogen-bond donors (Lipinski definition) is 1. The number of likely N-dealkylation sites (tertiary alicyclic amines) is 1. The highest BCUT2D eigenvalue weighted by Crippen LogP contribution is 2.47. The first kappa shape index (κ1) is 15.6. The van der Waals surface area contributed by atoms with Crippen molar-refractivity contribution in [3.63, 3.8) is 0 Å². The molecule has 1 aliphatic carbocycles. The summed E-state index contributed by atoms with van der Waals surface area (Å²) in [6, 6.07) is 8.77. The molecule has 1 saturated carbocycles. The summed E-state index contributed by atoms with van der Waals surface area (Å²) in [5.41, 5.74) is 2.71. The number of rotatable bonds is 3. The van der Waals surface area contributed by atoms with Crippen LogP contribution in [0, 0.1) is 0 Å². The van der Waals surface area contributed by atoms with Crippen molar-refractivity contribution in [3.05, 3.63) is 41.5 Å². The van der Waals surface area contributed by atoms with Gasteiger partial charge < -0.3 is 4.98 Å². The van der Waals surface area contributed by atoms with Gasteiger partial charge in [-0.2, -0.15) is 0 Å². The van der Waals surface area contributed by atoms with Crippen molar-refractivity contribution in [2.24, 2.45) is 0 Å². The molecular formula is C21H25N3S. The van der Waals surface area contributed by atoms with E-state index in [4.69, 9.17) is 4.98 Å². The van der Waals surface area contributed by atoms with E-state index in [-0.39, 0.29) is 5.54 Å². The monoisotopic (exact) mass is 351 g/mol. The fraction of sp³-hybridized carbons (Fsp3) is 0.476. The van der Waals surface area contributed by atoms with E-state index in [2.05, 4.69) is 40.3 Å². The zero-order valence-electron chi connectivity index (χ0n) is 14.6. The average molecular weight is 352 g/mol. The molecule has 3 nitrogen and oxygen atoms in total. The van der Waals surface area contributed by atoms with E-state index in [1.54, 1.807) is 0 Å². The smallest absolute Gasteiger partial charge is 0.123 e. The molecule has 2 fully saturated rings. The standard InChI is InChI=1S/C21H25N3S/c1-2-9-21(10-3-1,24-12-4-5-13-24)19-15-23-20(25-19)17-6-7-18-16(14-17)8-11-22-18/h6-8,11,14-15,22H,1-5,9-10,12-13H2. The van der Waals surface area contributed by atoms with Gasteiger partial charge in [0.2, 0.25) is 0 Å². The largest absolute Gasteiger partial charge is 0.361 e. The van der Waals surface area contributed by atoms with Crippen LogP contribution in [0.1, 0.15) is 49.8 Å². The third kappa shape index (κ3) is 2.63. The molecule has 0 spiro atoms. The summed E-state index contributed by atoms with van der Waals surface area (Å²) in [4.78, 5) is 12.4. The zero-order valence-corrected chi connectivity index (χ0v) is 15.4. The van der Waals surface area contributed by atoms with Crippen molar-refractivity contribution < 1.29 is 0 Å². The molecule has 2 aromatic heterocycles. The normalized spacial score (nSPS) is 21.1. The number of thiazole rings is 1. The van der Waals surface area contributed by atoms with Crippen LogP contribution >= 0.6 is 11.3 Å². The minimum absolute atomic E-state index is 0.267. The Morgan fingerprint density at radius 3 is 2.68 bits per heavy atom. The van der Waals surface area contributed by atoms with Crippen LogP contribution in [0.2, 0.25) is 0 Å². The molecule has 4 heteroatoms. The van der Waals surface area contributed by atoms with Gasteiger partial charge in [0, 0.05) is 33.7 Å². The van der Waals surface area contributed by atoms with Crippen molar-refractivity contribution in [2.45, 2.75) is 50.5 Å². The number of nitrogens with zero attached hydrogens (tertiary/aromatic N) is 2. The molecule has 1 N–H and O–H groups in total. The molecule has 0 unspecified atom stereocenters. The molecule has 1 saturated heterocycles. The Bertz CT molecular complexity index is 866. The van der Waals surface area contributed by atoms with Crippen molar-refractivity contribution in [3.8, 4) is 10.6 Å². The second-order valence-electron chi connectivity index (χ2n) is 7.60. The average Bonchev–Trinajstić information content (AvgIpc) is 3.43. The van der Waals surface area contributed by atoms with E-state index in [0.717, 1.165) is 0 Å². The third-order valence-corrected chi connectivity index (χ3v) is 7.40. The summed E-state index contributed by atoms with van der Waals surface area (Å²) < 4.78 is 0. The number of aromatic amines is 1. The van der Waals surface area contributed by atoms with Gasteiger partial charge >= 0.3 is 0 Å². The van der Waals surface area contributed by atoms with Gasteiger partial charge in [0.15, 0.2) is 0 Å². The molecule has 0 atom stereocenters. The predicted octanol–water partition coefficient (Wildman–Crippen LogP) is 5.55. The maximum Gasteiger partial charge on any atom is 0.123 e. The van der Waals surface area contributed by atoms with Gasteiger partial charge in [-0.3, -0.25) is 4.90 Å². The van der Waals surface area contributed by atoms with E-state index in [1.165, 1.54) is 84.4 Å². The molecule has 130 valence electrons. The minimum Gasteiger partial charge on any atom is -0.361 e. The molecule has 1 aliphatic heterocycles. The Morgan fingerprint density at radius 1 is 1.00 bits per heavy atom. The molecule has 1 aromatic carbocycles. The maximum atomic E-state index is 4.85. The maximum absolute atomic E-state index is 4.85. The number of nitrogens with one attached hydrogen (secondary N) is 1. The molecule has 5 rings (SSSR count). The number of fused-ring (bicyclic) bond motifs is 1. The fourth-order valence-corrected chi connectivity index (χ4v) is 6.00. The molecule has 0 amide bonds. The lowest BCUT2D eigenvalue weighted by atomic mass is 9.79. The molecular weight excluding hydrogens is 326 g/mol. The van der Waals surface area contributed by atoms with Gasteiger partial charge in [-0.25, -0.2) is 4.98 Å². The Hall–Kier alpha value is -1.65. The predicted molar refractivity (Wildman–Crippen MR) is 105 cm³/mol. The van der Waals surface area contributed by atoms with E-state index >= 15 is 0 Å². The van der Waals surface area contributed by atoms with Crippen molar-refractivity contribution in [1.82, 2.24) is 14.9 Å². The number of benzene rings is 1. The van der Waals surface area contributed by atoms with Crippen molar-refractivity contribution >= 4 is 22.2 Å². The molecule has 3 aromatic rings. The van der Waals surface area contributed by atoms with E-state index < -0.39 is 0 Å². The Morgan fingerprint density at radius 2 is 1.84 bits per heavy atom. The number of H-pyrrole nitrogens is 1. The highest BCUT2D eigenvalue weighted by molar-refractivity contribution is 7.15. The van der Waals surface area contributed by atoms with E-state index in [1.807, 2.05) is 17.5 Å². The van der Waals surface area contributed by atoms with Crippen LogP contribution in [0.25, 0.3) is 21.5 Å². The third-order valence-electron chi connectivity index (χ3n) is 6.16. The Labute approximate surface area is 153 Å². The van der Waals surface area contributed by atoms with Gasteiger partial charge in [-0.15, -0.1) is 11.3 Å². The van der Waals surface area contributed by atoms with Gasteiger partial charge in [-0.1, -0.05) is 19.3 Å². The van der Waals surface area contributed by atoms with Gasteiger partial charge in [0.05, 0.1) is 5.54 Å². The van der Waals surface area contributed by atoms with Crippen LogP contribution in [0.3, 0.4) is 0 Å². The summed E-state index contributed by atoms with van der Waals surface area (Å²) >= 11 is 1.93. The minimum atomic E-state index is 0.267. The van der Waals surface area contributed by atoms with Crippen LogP contribution in [0.5, 0.6) is 0 Å².